The summed E-state index contributed by atoms with van der Waals surface area (Å²) in [5, 5.41) is 86.6. The molecule has 6 aromatic rings. The van der Waals surface area contributed by atoms with Gasteiger partial charge >= 0.3 is 0 Å². The minimum absolute atomic E-state index is 0. The first kappa shape index (κ1) is 63.5. The molecule has 0 saturated carbocycles. The predicted octanol–water partition coefficient (Wildman–Crippen LogP) is 13.6. The van der Waals surface area contributed by atoms with Gasteiger partial charge in [0.05, 0.1) is 21.8 Å². The van der Waals surface area contributed by atoms with Crippen LogP contribution in [-0.4, -0.2) is 62.8 Å². The average molecular weight is 1160 g/mol. The van der Waals surface area contributed by atoms with Gasteiger partial charge in [-0.2, -0.15) is 9.84 Å². The molecule has 23 heteroatoms. The molecule has 0 unspecified atom stereocenters. The number of para-hydroxylation sites is 2. The fourth-order valence-electron chi connectivity index (χ4n) is 9.78. The maximum Gasteiger partial charge on any atom is 0.271 e. The van der Waals surface area contributed by atoms with E-state index < -0.39 is 32.7 Å². The SMILES string of the molecule is CCCCn1c(O)c(N=Nc2cc([N+](=O)[O-])ccc2O)c(C)c(C#N)c1=O.CCN1C(=CC2=[N+](CC)c3ccccc3C2(C)C)C(C)(C)c2ccccc21.[C-]#[N+]c1c(C)c(N=Nc2cc([N+](=O)[O-])ccc2O)c(O)n(CCCC)c1=O.[Co]. The number of nitriles is 1. The van der Waals surface area contributed by atoms with Crippen LogP contribution in [0.1, 0.15) is 109 Å². The molecule has 4 heterocycles. The number of pyridine rings is 2. The molecular weight excluding hydrogens is 1100 g/mol. The first-order valence-corrected chi connectivity index (χ1v) is 26.3. The van der Waals surface area contributed by atoms with Gasteiger partial charge in [0, 0.05) is 101 Å². The van der Waals surface area contributed by atoms with E-state index in [-0.39, 0.29) is 109 Å². The predicted molar refractivity (Wildman–Crippen MR) is 308 cm³/mol. The molecule has 0 spiro atoms. The molecule has 429 valence electrons. The molecule has 0 amide bonds. The van der Waals surface area contributed by atoms with E-state index in [1.54, 1.807) is 6.07 Å². The molecule has 4 aromatic carbocycles. The number of nitro benzene ring substituents is 2. The molecule has 82 heavy (non-hydrogen) atoms. The number of benzene rings is 4. The van der Waals surface area contributed by atoms with Crippen LogP contribution in [0, 0.1) is 52.0 Å². The van der Waals surface area contributed by atoms with Crippen molar-refractivity contribution in [1.29, 1.82) is 5.26 Å². The number of likely N-dealkylation sites (N-methyl/N-ethyl adjacent to an activating group) is 1. The summed E-state index contributed by atoms with van der Waals surface area (Å²) in [6.07, 6.45) is 5.22. The number of phenols is 2. The number of aromatic hydroxyl groups is 4. The van der Waals surface area contributed by atoms with Gasteiger partial charge in [0.1, 0.15) is 46.7 Å². The first-order chi connectivity index (χ1) is 38.5. The van der Waals surface area contributed by atoms with E-state index >= 15 is 0 Å². The Labute approximate surface area is 484 Å². The van der Waals surface area contributed by atoms with E-state index in [9.17, 15) is 55.5 Å². The third-order valence-electron chi connectivity index (χ3n) is 14.3. The van der Waals surface area contributed by atoms with Crippen molar-refractivity contribution in [2.24, 2.45) is 20.5 Å². The van der Waals surface area contributed by atoms with E-state index in [0.29, 0.717) is 12.8 Å². The zero-order valence-electron chi connectivity index (χ0n) is 47.3. The Hall–Kier alpha value is -9.32. The van der Waals surface area contributed by atoms with Crippen molar-refractivity contribution in [3.05, 3.63) is 177 Å². The molecule has 8 rings (SSSR count). The number of azo groups is 2. The summed E-state index contributed by atoms with van der Waals surface area (Å²) in [6, 6.07) is 26.0. The number of aromatic nitrogens is 2. The first-order valence-electron chi connectivity index (χ1n) is 26.3. The molecule has 0 saturated heterocycles. The molecule has 4 N–H and O–H groups in total. The Bertz CT molecular complexity index is 3630. The van der Waals surface area contributed by atoms with Crippen molar-refractivity contribution in [2.45, 2.75) is 119 Å². The van der Waals surface area contributed by atoms with Gasteiger partial charge in [0.25, 0.3) is 28.2 Å². The number of unbranched alkanes of at least 4 members (excludes halogenated alkanes) is 2. The Kier molecular flexibility index (Phi) is 20.7. The summed E-state index contributed by atoms with van der Waals surface area (Å²) in [7, 11) is 0. The van der Waals surface area contributed by atoms with E-state index in [0.717, 1.165) is 71.5 Å². The normalized spacial score (nSPS) is 14.0. The van der Waals surface area contributed by atoms with Gasteiger partial charge in [0.15, 0.2) is 11.4 Å². The Morgan fingerprint density at radius 1 is 0.707 bits per heavy atom. The summed E-state index contributed by atoms with van der Waals surface area (Å²) < 4.78 is 4.58. The maximum absolute atomic E-state index is 12.3. The molecule has 0 atom stereocenters. The van der Waals surface area contributed by atoms with Gasteiger partial charge in [-0.15, -0.1) is 20.5 Å². The van der Waals surface area contributed by atoms with Crippen LogP contribution in [0.4, 0.5) is 51.2 Å². The van der Waals surface area contributed by atoms with Crippen molar-refractivity contribution in [3.8, 4) is 29.3 Å². The molecule has 0 fully saturated rings. The van der Waals surface area contributed by atoms with E-state index in [4.69, 9.17) is 6.57 Å². The van der Waals surface area contributed by atoms with Crippen molar-refractivity contribution >= 4 is 56.9 Å². The topological polar surface area (TPSA) is 295 Å². The molecule has 0 bridgehead atoms. The zero-order chi connectivity index (χ0) is 59.7. The van der Waals surface area contributed by atoms with Crippen LogP contribution in [-0.2, 0) is 40.7 Å². The number of nitrogens with zero attached hydrogens (tertiary/aromatic N) is 12. The van der Waals surface area contributed by atoms with Crippen LogP contribution in [0.3, 0.4) is 0 Å². The van der Waals surface area contributed by atoms with Crippen LogP contribution >= 0.6 is 0 Å². The number of fused-ring (bicyclic) bond motifs is 2. The maximum atomic E-state index is 12.3. The quantitative estimate of drug-likeness (QED) is 0.0245. The number of anilines is 1. The summed E-state index contributed by atoms with van der Waals surface area (Å²) in [5.41, 5.74) is 5.83. The molecule has 2 aliphatic heterocycles. The van der Waals surface area contributed by atoms with Crippen LogP contribution in [0.25, 0.3) is 4.85 Å². The van der Waals surface area contributed by atoms with Gasteiger partial charge < -0.3 is 25.3 Å². The van der Waals surface area contributed by atoms with Crippen molar-refractivity contribution in [3.63, 3.8) is 0 Å². The van der Waals surface area contributed by atoms with Crippen molar-refractivity contribution in [2.75, 3.05) is 18.0 Å². The second kappa shape index (κ2) is 26.8. The fourth-order valence-corrected chi connectivity index (χ4v) is 9.78. The third-order valence-corrected chi connectivity index (χ3v) is 14.3. The van der Waals surface area contributed by atoms with Gasteiger partial charge in [0.2, 0.25) is 17.4 Å². The molecule has 2 aliphatic rings. The Morgan fingerprint density at radius 3 is 1.67 bits per heavy atom. The molecule has 2 aromatic heterocycles. The van der Waals surface area contributed by atoms with E-state index in [1.165, 1.54) is 47.8 Å². The van der Waals surface area contributed by atoms with Gasteiger partial charge in [-0.05, 0) is 83.7 Å². The van der Waals surface area contributed by atoms with E-state index in [1.807, 2.05) is 13.8 Å². The molecular formula is C59H65CoN12O10+. The number of hydrogen-bond acceptors (Lipinski definition) is 16. The number of allylic oxidation sites excluding steroid dienone is 2. The van der Waals surface area contributed by atoms with Crippen LogP contribution < -0.4 is 16.0 Å². The second-order valence-corrected chi connectivity index (χ2v) is 20.1. The number of hydrogen-bond donors (Lipinski definition) is 4. The number of nitro groups is 2. The summed E-state index contributed by atoms with van der Waals surface area (Å²) in [4.78, 5) is 50.8. The van der Waals surface area contributed by atoms with Crippen molar-refractivity contribution < 1.29 is 51.6 Å². The Balaban J connectivity index is 0.000000224. The van der Waals surface area contributed by atoms with Gasteiger partial charge in [-0.1, -0.05) is 76.9 Å². The average Bonchev–Trinajstić information content (AvgIpc) is 3.95. The minimum atomic E-state index is -0.653. The van der Waals surface area contributed by atoms with E-state index in [2.05, 4.69) is 131 Å². The van der Waals surface area contributed by atoms with Crippen LogP contribution in [0.2, 0.25) is 0 Å². The Morgan fingerprint density at radius 2 is 1.20 bits per heavy atom. The molecule has 0 aliphatic carbocycles. The van der Waals surface area contributed by atoms with Gasteiger partial charge in [-0.3, -0.25) is 39.0 Å². The van der Waals surface area contributed by atoms with Crippen LogP contribution in [0.15, 0.2) is 127 Å². The van der Waals surface area contributed by atoms with Crippen molar-refractivity contribution in [1.82, 2.24) is 9.13 Å². The van der Waals surface area contributed by atoms with Crippen LogP contribution in [0.5, 0.6) is 23.3 Å². The monoisotopic (exact) mass is 1160 g/mol. The second-order valence-electron chi connectivity index (χ2n) is 20.1. The summed E-state index contributed by atoms with van der Waals surface area (Å²) >= 11 is 0. The standard InChI is InChI=1S/C25H31N2.2C17H17N5O5.Co/c1-7-26-20-15-11-9-13-18(20)24(3,4)22(26)17-23-25(5,6)19-14-10-12-16-21(19)27(23)8-2;1-4-5-8-21-16(24)14(18-3)10(2)15(17(21)25)20-19-12-9-11(22(26)27)6-7-13(12)23;1-3-4-7-21-16(24)12(9-18)10(2)15(17(21)25)20-19-13-8-11(22(26)27)5-6-14(13)23;/h9-17H,7-8H2,1-6H3;6-7,9,23,25H,4-5,8H2,1-2H3;5-6,8,23,25H,3-4,7H2,1-2H3;/q+1;;;. The summed E-state index contributed by atoms with van der Waals surface area (Å²) in [5.74, 6) is -1.60. The largest absolute Gasteiger partial charge is 0.506 e. The molecule has 22 nitrogen and oxygen atoms in total. The summed E-state index contributed by atoms with van der Waals surface area (Å²) in [6.45, 7) is 30.2. The molecule has 1 radical (unpaired) electrons. The number of rotatable bonds is 15. The fraction of sp³-hybridized carbons (Fsp3) is 0.339. The minimum Gasteiger partial charge on any atom is -0.506 e. The van der Waals surface area contributed by atoms with Gasteiger partial charge in [-0.25, -0.2) is 4.85 Å². The smallest absolute Gasteiger partial charge is 0.271 e. The third kappa shape index (κ3) is 12.7. The number of phenolic OH excluding ortho intramolecular Hbond substituents is 2. The number of non-ortho nitro benzene ring substituents is 2. The zero-order valence-corrected chi connectivity index (χ0v) is 48.3.